The molecule has 0 radical (unpaired) electrons. The molecule has 3 aromatic rings. The maximum absolute atomic E-state index is 12.0. The Morgan fingerprint density at radius 3 is 2.86 bits per heavy atom. The van der Waals surface area contributed by atoms with Crippen LogP contribution in [0.5, 0.6) is 0 Å². The molecule has 0 unspecified atom stereocenters. The minimum atomic E-state index is -0.312. The van der Waals surface area contributed by atoms with E-state index in [1.807, 2.05) is 0 Å². The van der Waals surface area contributed by atoms with Crippen molar-refractivity contribution in [3.05, 3.63) is 63.9 Å². The van der Waals surface area contributed by atoms with E-state index >= 15 is 0 Å². The topological polar surface area (TPSA) is 70.1 Å². The molecule has 0 saturated carbocycles. The minimum absolute atomic E-state index is 0.312. The minimum Gasteiger partial charge on any atom is -0.345 e. The Morgan fingerprint density at radius 1 is 1.18 bits per heavy atom. The number of nitrogens with one attached hydrogen (secondary N) is 2. The first-order chi connectivity index (χ1) is 10.6. The van der Waals surface area contributed by atoms with E-state index in [0.717, 1.165) is 16.6 Å². The van der Waals surface area contributed by atoms with E-state index in [2.05, 4.69) is 20.5 Å². The van der Waals surface area contributed by atoms with Crippen LogP contribution in [0.25, 0.3) is 11.0 Å². The summed E-state index contributed by atoms with van der Waals surface area (Å²) in [6.07, 6.45) is 3.07. The van der Waals surface area contributed by atoms with Crippen LogP contribution in [0.15, 0.2) is 47.8 Å². The Kier molecular flexibility index (Phi) is 4.09. The number of amides is 1. The zero-order valence-corrected chi connectivity index (χ0v) is 12.7. The Balaban J connectivity index is 1.70. The lowest BCUT2D eigenvalue weighted by molar-refractivity contribution is 0.0955. The van der Waals surface area contributed by atoms with Crippen LogP contribution in [0, 0.1) is 0 Å². The number of fused-ring (bicyclic) bond motifs is 1. The molecular formula is C15H10Cl2N4O. The van der Waals surface area contributed by atoms with Gasteiger partial charge >= 0.3 is 0 Å². The van der Waals surface area contributed by atoms with Crippen LogP contribution in [0.1, 0.15) is 15.9 Å². The lowest BCUT2D eigenvalue weighted by atomic mass is 10.2. The van der Waals surface area contributed by atoms with Gasteiger partial charge in [0.1, 0.15) is 0 Å². The average Bonchev–Trinajstić information content (AvgIpc) is 2.98. The zero-order valence-electron chi connectivity index (χ0n) is 11.2. The number of halogens is 2. The fourth-order valence-corrected chi connectivity index (χ4v) is 2.21. The number of H-pyrrole nitrogens is 1. The Hall–Kier alpha value is -2.37. The first kappa shape index (κ1) is 14.6. The van der Waals surface area contributed by atoms with E-state index in [4.69, 9.17) is 23.2 Å². The molecule has 1 heterocycles. The van der Waals surface area contributed by atoms with E-state index in [-0.39, 0.29) is 5.91 Å². The number of rotatable bonds is 3. The number of hydrazone groups is 1. The molecule has 7 heteroatoms. The van der Waals surface area contributed by atoms with Crippen molar-refractivity contribution >= 4 is 46.4 Å². The van der Waals surface area contributed by atoms with Crippen molar-refractivity contribution in [2.24, 2.45) is 5.10 Å². The Labute approximate surface area is 136 Å². The SMILES string of the molecule is O=C(NN=Cc1ccc(Cl)c(Cl)c1)c1ccc2nc[nH]c2c1. The number of hydrogen-bond donors (Lipinski definition) is 2. The van der Waals surface area contributed by atoms with E-state index in [1.165, 1.54) is 6.21 Å². The summed E-state index contributed by atoms with van der Waals surface area (Å²) >= 11 is 11.7. The van der Waals surface area contributed by atoms with Gasteiger partial charge in [-0.15, -0.1) is 0 Å². The van der Waals surface area contributed by atoms with Gasteiger partial charge in [-0.1, -0.05) is 29.3 Å². The second kappa shape index (κ2) is 6.17. The highest BCUT2D eigenvalue weighted by Crippen LogP contribution is 2.21. The van der Waals surface area contributed by atoms with Gasteiger partial charge in [-0.05, 0) is 35.9 Å². The van der Waals surface area contributed by atoms with Crippen molar-refractivity contribution in [3.8, 4) is 0 Å². The molecule has 0 bridgehead atoms. The van der Waals surface area contributed by atoms with Crippen LogP contribution in [-0.2, 0) is 0 Å². The van der Waals surface area contributed by atoms with Gasteiger partial charge in [0.05, 0.1) is 33.6 Å². The molecule has 1 aromatic heterocycles. The van der Waals surface area contributed by atoms with Crippen LogP contribution in [0.2, 0.25) is 10.0 Å². The smallest absolute Gasteiger partial charge is 0.271 e. The maximum Gasteiger partial charge on any atom is 0.271 e. The third kappa shape index (κ3) is 3.10. The van der Waals surface area contributed by atoms with Crippen molar-refractivity contribution in [1.82, 2.24) is 15.4 Å². The molecule has 0 fully saturated rings. The zero-order chi connectivity index (χ0) is 15.5. The number of imidazole rings is 1. The molecule has 2 aromatic carbocycles. The summed E-state index contributed by atoms with van der Waals surface area (Å²) in [5.74, 6) is -0.312. The van der Waals surface area contributed by atoms with Crippen LogP contribution in [-0.4, -0.2) is 22.1 Å². The molecule has 22 heavy (non-hydrogen) atoms. The van der Waals surface area contributed by atoms with Crippen molar-refractivity contribution in [2.75, 3.05) is 0 Å². The van der Waals surface area contributed by atoms with Gasteiger partial charge in [0.15, 0.2) is 0 Å². The van der Waals surface area contributed by atoms with Crippen molar-refractivity contribution in [3.63, 3.8) is 0 Å². The fourth-order valence-electron chi connectivity index (χ4n) is 1.90. The number of hydrogen-bond acceptors (Lipinski definition) is 3. The molecule has 0 atom stereocenters. The van der Waals surface area contributed by atoms with Crippen LogP contribution in [0.3, 0.4) is 0 Å². The molecule has 2 N–H and O–H groups in total. The number of nitrogens with zero attached hydrogens (tertiary/aromatic N) is 2. The van der Waals surface area contributed by atoms with Gasteiger partial charge in [0, 0.05) is 5.56 Å². The van der Waals surface area contributed by atoms with Crippen molar-refractivity contribution in [1.29, 1.82) is 0 Å². The van der Waals surface area contributed by atoms with Crippen molar-refractivity contribution in [2.45, 2.75) is 0 Å². The Morgan fingerprint density at radius 2 is 2.05 bits per heavy atom. The average molecular weight is 333 g/mol. The molecule has 110 valence electrons. The Bertz CT molecular complexity index is 873. The predicted molar refractivity (Wildman–Crippen MR) is 87.6 cm³/mol. The second-order valence-corrected chi connectivity index (χ2v) is 5.32. The van der Waals surface area contributed by atoms with Gasteiger partial charge in [0.2, 0.25) is 0 Å². The summed E-state index contributed by atoms with van der Waals surface area (Å²) in [6, 6.07) is 10.2. The van der Waals surface area contributed by atoms with E-state index in [0.29, 0.717) is 15.6 Å². The van der Waals surface area contributed by atoms with Gasteiger partial charge in [0.25, 0.3) is 5.91 Å². The molecule has 5 nitrogen and oxygen atoms in total. The standard InChI is InChI=1S/C15H10Cl2N4O/c16-11-3-1-9(5-12(11)17)7-20-21-15(22)10-2-4-13-14(6-10)19-8-18-13/h1-8H,(H,18,19)(H,21,22). The summed E-state index contributed by atoms with van der Waals surface area (Å²) in [4.78, 5) is 19.1. The summed E-state index contributed by atoms with van der Waals surface area (Å²) < 4.78 is 0. The molecule has 0 aliphatic rings. The highest BCUT2D eigenvalue weighted by atomic mass is 35.5. The first-order valence-electron chi connectivity index (χ1n) is 6.35. The molecule has 3 rings (SSSR count). The van der Waals surface area contributed by atoms with Crippen LogP contribution < -0.4 is 5.43 Å². The normalized spacial score (nSPS) is 11.2. The molecule has 0 saturated heterocycles. The molecular weight excluding hydrogens is 323 g/mol. The van der Waals surface area contributed by atoms with Gasteiger partial charge in [-0.2, -0.15) is 5.10 Å². The summed E-state index contributed by atoms with van der Waals surface area (Å²) in [6.45, 7) is 0. The summed E-state index contributed by atoms with van der Waals surface area (Å²) in [5, 5.41) is 4.80. The van der Waals surface area contributed by atoms with Gasteiger partial charge < -0.3 is 4.98 Å². The lowest BCUT2D eigenvalue weighted by Gasteiger charge is -2.00. The molecule has 0 spiro atoms. The van der Waals surface area contributed by atoms with Crippen LogP contribution in [0.4, 0.5) is 0 Å². The van der Waals surface area contributed by atoms with E-state index < -0.39 is 0 Å². The third-order valence-electron chi connectivity index (χ3n) is 3.01. The van der Waals surface area contributed by atoms with E-state index in [1.54, 1.807) is 42.7 Å². The lowest BCUT2D eigenvalue weighted by Crippen LogP contribution is -2.17. The monoisotopic (exact) mass is 332 g/mol. The second-order valence-electron chi connectivity index (χ2n) is 4.51. The molecule has 1 amide bonds. The number of carbonyl (C=O) groups excluding carboxylic acids is 1. The van der Waals surface area contributed by atoms with E-state index in [9.17, 15) is 4.79 Å². The summed E-state index contributed by atoms with van der Waals surface area (Å²) in [7, 11) is 0. The maximum atomic E-state index is 12.0. The number of aromatic nitrogens is 2. The fraction of sp³-hybridized carbons (Fsp3) is 0. The number of carbonyl (C=O) groups is 1. The molecule has 0 aliphatic heterocycles. The quantitative estimate of drug-likeness (QED) is 0.567. The largest absolute Gasteiger partial charge is 0.345 e. The van der Waals surface area contributed by atoms with Crippen molar-refractivity contribution < 1.29 is 4.79 Å². The first-order valence-corrected chi connectivity index (χ1v) is 7.11. The highest BCUT2D eigenvalue weighted by molar-refractivity contribution is 6.42. The van der Waals surface area contributed by atoms with Gasteiger partial charge in [-0.3, -0.25) is 4.79 Å². The molecule has 0 aliphatic carbocycles. The van der Waals surface area contributed by atoms with Gasteiger partial charge in [-0.25, -0.2) is 10.4 Å². The predicted octanol–water partition coefficient (Wildman–Crippen LogP) is 3.63. The number of aromatic amines is 1. The summed E-state index contributed by atoms with van der Waals surface area (Å²) in [5.41, 5.74) is 5.28. The van der Waals surface area contributed by atoms with Crippen LogP contribution >= 0.6 is 23.2 Å². The highest BCUT2D eigenvalue weighted by Gasteiger charge is 2.06. The third-order valence-corrected chi connectivity index (χ3v) is 3.74. The number of benzene rings is 2.